The molecule has 0 fully saturated rings. The van der Waals surface area contributed by atoms with Crippen LogP contribution in [0.2, 0.25) is 0 Å². The van der Waals surface area contributed by atoms with Crippen LogP contribution in [0.25, 0.3) is 6.08 Å². The highest BCUT2D eigenvalue weighted by molar-refractivity contribution is 6.32. The number of amides is 1. The molecule has 0 bridgehead atoms. The van der Waals surface area contributed by atoms with Gasteiger partial charge in [-0.15, -0.1) is 0 Å². The first kappa shape index (κ1) is 22.6. The summed E-state index contributed by atoms with van der Waals surface area (Å²) >= 11 is 0. The first-order chi connectivity index (χ1) is 15.1. The lowest BCUT2D eigenvalue weighted by Gasteiger charge is -2.17. The van der Waals surface area contributed by atoms with Crippen LogP contribution in [0.1, 0.15) is 52.0 Å². The molecule has 0 spiro atoms. The maximum absolute atomic E-state index is 12.9. The third kappa shape index (κ3) is 5.54. The zero-order chi connectivity index (χ0) is 22.2. The molecule has 164 valence electrons. The number of hydrogen-bond acceptors (Lipinski definition) is 4. The number of unbranched alkanes of at least 4 members (excludes halogenated alkanes) is 1. The number of hydrazone groups is 1. The molecule has 0 saturated carbocycles. The van der Waals surface area contributed by atoms with Crippen molar-refractivity contribution in [3.05, 3.63) is 59.7 Å². The second-order valence-corrected chi connectivity index (χ2v) is 7.83. The second kappa shape index (κ2) is 10.8. The van der Waals surface area contributed by atoms with Crippen LogP contribution in [0.4, 0.5) is 5.69 Å². The van der Waals surface area contributed by atoms with Crippen LogP contribution in [0.5, 0.6) is 11.5 Å². The van der Waals surface area contributed by atoms with Crippen molar-refractivity contribution in [1.82, 2.24) is 0 Å². The molecule has 1 atom stereocenters. The number of ether oxygens (including phenoxy) is 2. The number of anilines is 1. The molecule has 0 saturated heterocycles. The molecule has 1 heterocycles. The summed E-state index contributed by atoms with van der Waals surface area (Å²) in [5.41, 5.74) is 2.89. The average molecular weight is 421 g/mol. The van der Waals surface area contributed by atoms with Gasteiger partial charge in [0.2, 0.25) is 0 Å². The SMILES string of the molecule is CCCCC(CC)COc1ccc(C=C2C(=O)N(c3ccccc3)N=C2C)cc1OC. The Labute approximate surface area is 185 Å². The van der Waals surface area contributed by atoms with Gasteiger partial charge in [0.25, 0.3) is 5.91 Å². The zero-order valence-corrected chi connectivity index (χ0v) is 18.9. The summed E-state index contributed by atoms with van der Waals surface area (Å²) in [6, 6.07) is 15.2. The Morgan fingerprint density at radius 3 is 2.55 bits per heavy atom. The molecule has 1 amide bonds. The Hall–Kier alpha value is -3.08. The Bertz CT molecular complexity index is 950. The van der Waals surface area contributed by atoms with E-state index >= 15 is 0 Å². The fourth-order valence-corrected chi connectivity index (χ4v) is 3.59. The van der Waals surface area contributed by atoms with Gasteiger partial charge in [-0.05, 0) is 55.2 Å². The highest BCUT2D eigenvalue weighted by atomic mass is 16.5. The minimum Gasteiger partial charge on any atom is -0.493 e. The molecule has 1 unspecified atom stereocenters. The molecule has 1 aliphatic rings. The van der Waals surface area contributed by atoms with Crippen LogP contribution in [0.15, 0.2) is 59.2 Å². The molecule has 2 aromatic carbocycles. The fourth-order valence-electron chi connectivity index (χ4n) is 3.59. The van der Waals surface area contributed by atoms with Gasteiger partial charge in [0.1, 0.15) is 0 Å². The van der Waals surface area contributed by atoms with Crippen molar-refractivity contribution in [2.75, 3.05) is 18.7 Å². The van der Waals surface area contributed by atoms with E-state index in [2.05, 4.69) is 18.9 Å². The molecule has 3 rings (SSSR count). The van der Waals surface area contributed by atoms with E-state index in [4.69, 9.17) is 9.47 Å². The molecule has 0 aromatic heterocycles. The third-order valence-electron chi connectivity index (χ3n) is 5.58. The number of rotatable bonds is 10. The van der Waals surface area contributed by atoms with Crippen LogP contribution in [0.3, 0.4) is 0 Å². The smallest absolute Gasteiger partial charge is 0.280 e. The van der Waals surface area contributed by atoms with E-state index in [1.807, 2.05) is 61.5 Å². The lowest BCUT2D eigenvalue weighted by molar-refractivity contribution is -0.114. The fraction of sp³-hybridized carbons (Fsp3) is 0.385. The van der Waals surface area contributed by atoms with Crippen molar-refractivity contribution in [3.8, 4) is 11.5 Å². The molecular formula is C26H32N2O3. The van der Waals surface area contributed by atoms with Crippen molar-refractivity contribution in [2.45, 2.75) is 46.5 Å². The van der Waals surface area contributed by atoms with Gasteiger partial charge in [-0.3, -0.25) is 4.79 Å². The van der Waals surface area contributed by atoms with Gasteiger partial charge in [0.05, 0.1) is 30.7 Å². The van der Waals surface area contributed by atoms with E-state index in [0.29, 0.717) is 29.6 Å². The molecule has 5 nitrogen and oxygen atoms in total. The highest BCUT2D eigenvalue weighted by Gasteiger charge is 2.28. The van der Waals surface area contributed by atoms with Crippen LogP contribution in [-0.2, 0) is 4.79 Å². The van der Waals surface area contributed by atoms with E-state index in [0.717, 1.165) is 23.4 Å². The van der Waals surface area contributed by atoms with Crippen molar-refractivity contribution in [2.24, 2.45) is 11.0 Å². The van der Waals surface area contributed by atoms with Gasteiger partial charge in [-0.2, -0.15) is 10.1 Å². The number of para-hydroxylation sites is 1. The van der Waals surface area contributed by atoms with Crippen LogP contribution < -0.4 is 14.5 Å². The standard InChI is InChI=1S/C26H32N2O3/c1-5-7-11-20(6-2)18-31-24-15-14-21(17-25(24)30-4)16-23-19(3)27-28(26(23)29)22-12-9-8-10-13-22/h8-10,12-17,20H,5-7,11,18H2,1-4H3. The maximum Gasteiger partial charge on any atom is 0.280 e. The van der Waals surface area contributed by atoms with Gasteiger partial charge >= 0.3 is 0 Å². The average Bonchev–Trinajstić information content (AvgIpc) is 3.08. The Morgan fingerprint density at radius 1 is 1.10 bits per heavy atom. The van der Waals surface area contributed by atoms with Crippen molar-refractivity contribution in [3.63, 3.8) is 0 Å². The predicted molar refractivity (Wildman–Crippen MR) is 127 cm³/mol. The van der Waals surface area contributed by atoms with E-state index in [1.54, 1.807) is 7.11 Å². The van der Waals surface area contributed by atoms with Crippen molar-refractivity contribution in [1.29, 1.82) is 0 Å². The Balaban J connectivity index is 1.76. The topological polar surface area (TPSA) is 51.1 Å². The van der Waals surface area contributed by atoms with Crippen LogP contribution in [-0.4, -0.2) is 25.3 Å². The molecule has 0 radical (unpaired) electrons. The number of nitrogens with zero attached hydrogens (tertiary/aromatic N) is 2. The molecule has 5 heteroatoms. The monoisotopic (exact) mass is 420 g/mol. The summed E-state index contributed by atoms with van der Waals surface area (Å²) in [5, 5.41) is 5.88. The van der Waals surface area contributed by atoms with E-state index in [-0.39, 0.29) is 5.91 Å². The first-order valence-corrected chi connectivity index (χ1v) is 11.0. The normalized spacial score (nSPS) is 15.9. The minimum atomic E-state index is -0.135. The second-order valence-electron chi connectivity index (χ2n) is 7.83. The number of benzene rings is 2. The molecule has 2 aromatic rings. The molecule has 31 heavy (non-hydrogen) atoms. The quantitative estimate of drug-likeness (QED) is 0.437. The third-order valence-corrected chi connectivity index (χ3v) is 5.58. The van der Waals surface area contributed by atoms with E-state index in [1.165, 1.54) is 24.3 Å². The van der Waals surface area contributed by atoms with Gasteiger partial charge < -0.3 is 9.47 Å². The van der Waals surface area contributed by atoms with Crippen LogP contribution in [0, 0.1) is 5.92 Å². The largest absolute Gasteiger partial charge is 0.493 e. The van der Waals surface area contributed by atoms with Gasteiger partial charge in [0.15, 0.2) is 11.5 Å². The van der Waals surface area contributed by atoms with Gasteiger partial charge in [-0.1, -0.05) is 57.4 Å². The molecule has 1 aliphatic heterocycles. The summed E-state index contributed by atoms with van der Waals surface area (Å²) in [6.45, 7) is 6.95. The Morgan fingerprint density at radius 2 is 1.87 bits per heavy atom. The van der Waals surface area contributed by atoms with Gasteiger partial charge in [-0.25, -0.2) is 0 Å². The zero-order valence-electron chi connectivity index (χ0n) is 18.9. The summed E-state index contributed by atoms with van der Waals surface area (Å²) < 4.78 is 11.6. The summed E-state index contributed by atoms with van der Waals surface area (Å²) in [6.07, 6.45) is 6.56. The Kier molecular flexibility index (Phi) is 7.88. The summed E-state index contributed by atoms with van der Waals surface area (Å²) in [4.78, 5) is 12.9. The first-order valence-electron chi connectivity index (χ1n) is 11.0. The molecule has 0 N–H and O–H groups in total. The van der Waals surface area contributed by atoms with Crippen LogP contribution >= 0.6 is 0 Å². The van der Waals surface area contributed by atoms with E-state index in [9.17, 15) is 4.79 Å². The highest BCUT2D eigenvalue weighted by Crippen LogP contribution is 2.31. The number of methoxy groups -OCH3 is 1. The van der Waals surface area contributed by atoms with Gasteiger partial charge in [0, 0.05) is 0 Å². The summed E-state index contributed by atoms with van der Waals surface area (Å²) in [5.74, 6) is 1.81. The lowest BCUT2D eigenvalue weighted by Crippen LogP contribution is -2.21. The van der Waals surface area contributed by atoms with Crippen molar-refractivity contribution >= 4 is 23.4 Å². The number of hydrogen-bond donors (Lipinski definition) is 0. The van der Waals surface area contributed by atoms with Crippen molar-refractivity contribution < 1.29 is 14.3 Å². The summed E-state index contributed by atoms with van der Waals surface area (Å²) in [7, 11) is 1.64. The maximum atomic E-state index is 12.9. The molecule has 0 aliphatic carbocycles. The molecular weight excluding hydrogens is 388 g/mol. The minimum absolute atomic E-state index is 0.135. The lowest BCUT2D eigenvalue weighted by atomic mass is 10.0. The number of carbonyl (C=O) groups excluding carboxylic acids is 1. The predicted octanol–water partition coefficient (Wildman–Crippen LogP) is 6.10. The number of carbonyl (C=O) groups is 1. The van der Waals surface area contributed by atoms with E-state index < -0.39 is 0 Å².